The van der Waals surface area contributed by atoms with Crippen LogP contribution in [-0.2, 0) is 6.54 Å². The first-order valence-corrected chi connectivity index (χ1v) is 4.78. The lowest BCUT2D eigenvalue weighted by atomic mass is 10.1. The largest absolute Gasteiger partial charge is 0.316 e. The minimum atomic E-state index is -0.444. The van der Waals surface area contributed by atoms with Crippen molar-refractivity contribution in [1.29, 1.82) is 0 Å². The molecule has 0 aliphatic heterocycles. The van der Waals surface area contributed by atoms with Gasteiger partial charge in [-0.3, -0.25) is 4.68 Å². The molecule has 0 saturated carbocycles. The highest BCUT2D eigenvalue weighted by molar-refractivity contribution is 5.37. The third-order valence-corrected chi connectivity index (χ3v) is 1.92. The van der Waals surface area contributed by atoms with E-state index in [0.29, 0.717) is 0 Å². The number of rotatable bonds is 1. The van der Waals surface area contributed by atoms with E-state index >= 15 is 0 Å². The first-order chi connectivity index (χ1) is 6.44. The second kappa shape index (κ2) is 3.85. The van der Waals surface area contributed by atoms with Gasteiger partial charge in [-0.25, -0.2) is 0 Å². The highest BCUT2D eigenvalue weighted by Crippen LogP contribution is 2.05. The molecule has 0 unspecified atom stereocenters. The number of hydrogen-bond acceptors (Lipinski definition) is 2. The molecule has 0 aliphatic carbocycles. The monoisotopic (exact) mass is 191 g/mol. The first-order valence-electron chi connectivity index (χ1n) is 4.78. The molecule has 14 heavy (non-hydrogen) atoms. The minimum Gasteiger partial charge on any atom is -0.316 e. The van der Waals surface area contributed by atoms with E-state index in [-0.39, 0.29) is 0 Å². The number of aryl methyl sites for hydroxylation is 1. The Hall–Kier alpha value is -1.27. The lowest BCUT2D eigenvalue weighted by Crippen LogP contribution is -2.29. The van der Waals surface area contributed by atoms with Gasteiger partial charge in [0.2, 0.25) is 0 Å². The van der Waals surface area contributed by atoms with Crippen molar-refractivity contribution in [3.05, 3.63) is 17.5 Å². The van der Waals surface area contributed by atoms with Crippen LogP contribution >= 0.6 is 0 Å². The van der Waals surface area contributed by atoms with Crippen LogP contribution < -0.4 is 5.73 Å². The van der Waals surface area contributed by atoms with Crippen molar-refractivity contribution in [3.63, 3.8) is 0 Å². The molecule has 0 spiro atoms. The number of hydrogen-bond donors (Lipinski definition) is 1. The van der Waals surface area contributed by atoms with Gasteiger partial charge in [0.15, 0.2) is 0 Å². The minimum absolute atomic E-state index is 0.444. The quantitative estimate of drug-likeness (QED) is 0.680. The molecular weight excluding hydrogens is 174 g/mol. The molecule has 2 N–H and O–H groups in total. The fourth-order valence-electron chi connectivity index (χ4n) is 1.12. The van der Waals surface area contributed by atoms with Gasteiger partial charge in [-0.15, -0.1) is 0 Å². The van der Waals surface area contributed by atoms with Gasteiger partial charge < -0.3 is 5.73 Å². The fraction of sp³-hybridized carbons (Fsp3) is 0.545. The highest BCUT2D eigenvalue weighted by Gasteiger charge is 2.06. The summed E-state index contributed by atoms with van der Waals surface area (Å²) in [4.78, 5) is 0. The van der Waals surface area contributed by atoms with Gasteiger partial charge in [0.1, 0.15) is 0 Å². The third-order valence-electron chi connectivity index (χ3n) is 1.92. The van der Waals surface area contributed by atoms with Crippen LogP contribution in [0.1, 0.15) is 32.0 Å². The Morgan fingerprint density at radius 3 is 2.64 bits per heavy atom. The van der Waals surface area contributed by atoms with Gasteiger partial charge in [0, 0.05) is 6.54 Å². The van der Waals surface area contributed by atoms with E-state index in [1.807, 2.05) is 25.5 Å². The molecular formula is C11H17N3. The van der Waals surface area contributed by atoms with Crippen molar-refractivity contribution in [3.8, 4) is 11.8 Å². The molecule has 76 valence electrons. The molecule has 0 saturated heterocycles. The van der Waals surface area contributed by atoms with Crippen molar-refractivity contribution in [1.82, 2.24) is 9.78 Å². The number of nitrogens with zero attached hydrogens (tertiary/aromatic N) is 2. The standard InChI is InChI=1S/C11H17N3/c1-5-14-9(2)10(8-13-14)6-7-11(3,4)12/h8H,5,12H2,1-4H3. The van der Waals surface area contributed by atoms with Crippen LogP contribution in [0.3, 0.4) is 0 Å². The average molecular weight is 191 g/mol. The molecule has 1 rings (SSSR count). The van der Waals surface area contributed by atoms with Gasteiger partial charge in [-0.1, -0.05) is 11.8 Å². The molecule has 0 atom stereocenters. The van der Waals surface area contributed by atoms with Crippen LogP contribution in [0, 0.1) is 18.8 Å². The van der Waals surface area contributed by atoms with Crippen molar-refractivity contribution >= 4 is 0 Å². The maximum absolute atomic E-state index is 5.77. The molecule has 0 radical (unpaired) electrons. The highest BCUT2D eigenvalue weighted by atomic mass is 15.3. The van der Waals surface area contributed by atoms with Gasteiger partial charge in [-0.2, -0.15) is 5.10 Å². The summed E-state index contributed by atoms with van der Waals surface area (Å²) in [5, 5.41) is 4.21. The van der Waals surface area contributed by atoms with E-state index in [2.05, 4.69) is 23.9 Å². The van der Waals surface area contributed by atoms with Crippen molar-refractivity contribution in [2.45, 2.75) is 39.8 Å². The normalized spacial score (nSPS) is 10.9. The molecule has 1 heterocycles. The summed E-state index contributed by atoms with van der Waals surface area (Å²) in [7, 11) is 0. The number of aromatic nitrogens is 2. The van der Waals surface area contributed by atoms with E-state index in [4.69, 9.17) is 5.73 Å². The predicted molar refractivity (Wildman–Crippen MR) is 57.8 cm³/mol. The van der Waals surface area contributed by atoms with Gasteiger partial charge in [0.05, 0.1) is 23.0 Å². The second-order valence-corrected chi connectivity index (χ2v) is 3.93. The zero-order valence-electron chi connectivity index (χ0n) is 9.26. The van der Waals surface area contributed by atoms with E-state index in [1.165, 1.54) is 0 Å². The molecule has 1 aromatic rings. The zero-order valence-corrected chi connectivity index (χ0v) is 9.26. The second-order valence-electron chi connectivity index (χ2n) is 3.93. The smallest absolute Gasteiger partial charge is 0.0722 e. The van der Waals surface area contributed by atoms with Crippen LogP contribution in [0.5, 0.6) is 0 Å². The van der Waals surface area contributed by atoms with Gasteiger partial charge in [0.25, 0.3) is 0 Å². The molecule has 0 fully saturated rings. The summed E-state index contributed by atoms with van der Waals surface area (Å²) >= 11 is 0. The van der Waals surface area contributed by atoms with E-state index < -0.39 is 5.54 Å². The Labute approximate surface area is 85.3 Å². The van der Waals surface area contributed by atoms with Crippen LogP contribution in [0.2, 0.25) is 0 Å². The fourth-order valence-corrected chi connectivity index (χ4v) is 1.12. The van der Waals surface area contributed by atoms with Gasteiger partial charge >= 0.3 is 0 Å². The van der Waals surface area contributed by atoms with Crippen molar-refractivity contribution in [2.24, 2.45) is 5.73 Å². The number of nitrogens with two attached hydrogens (primary N) is 1. The topological polar surface area (TPSA) is 43.8 Å². The van der Waals surface area contributed by atoms with Crippen molar-refractivity contribution in [2.75, 3.05) is 0 Å². The first kappa shape index (κ1) is 10.8. The lowest BCUT2D eigenvalue weighted by Gasteiger charge is -2.07. The Morgan fingerprint density at radius 1 is 1.57 bits per heavy atom. The molecule has 0 aliphatic rings. The van der Waals surface area contributed by atoms with Crippen LogP contribution in [0.15, 0.2) is 6.20 Å². The van der Waals surface area contributed by atoms with E-state index in [0.717, 1.165) is 17.8 Å². The van der Waals surface area contributed by atoms with E-state index in [1.54, 1.807) is 6.20 Å². The molecule has 1 aromatic heterocycles. The zero-order chi connectivity index (χ0) is 10.8. The Bertz CT molecular complexity index is 371. The molecule has 0 amide bonds. The Balaban J connectivity index is 2.97. The SMILES string of the molecule is CCn1ncc(C#CC(C)(C)N)c1C. The molecule has 3 heteroatoms. The Morgan fingerprint density at radius 2 is 2.21 bits per heavy atom. The van der Waals surface area contributed by atoms with Gasteiger partial charge in [-0.05, 0) is 27.7 Å². The summed E-state index contributed by atoms with van der Waals surface area (Å²) < 4.78 is 1.92. The Kier molecular flexibility index (Phi) is 2.97. The summed E-state index contributed by atoms with van der Waals surface area (Å²) in [6.07, 6.45) is 1.79. The summed E-state index contributed by atoms with van der Waals surface area (Å²) in [5.74, 6) is 6.04. The summed E-state index contributed by atoms with van der Waals surface area (Å²) in [5.41, 5.74) is 7.39. The van der Waals surface area contributed by atoms with Crippen LogP contribution in [0.4, 0.5) is 0 Å². The molecule has 0 bridgehead atoms. The maximum Gasteiger partial charge on any atom is 0.0722 e. The van der Waals surface area contributed by atoms with Crippen LogP contribution in [0.25, 0.3) is 0 Å². The molecule has 3 nitrogen and oxygen atoms in total. The maximum atomic E-state index is 5.77. The lowest BCUT2D eigenvalue weighted by molar-refractivity contribution is 0.639. The van der Waals surface area contributed by atoms with E-state index in [9.17, 15) is 0 Å². The third kappa shape index (κ3) is 2.61. The van der Waals surface area contributed by atoms with Crippen LogP contribution in [-0.4, -0.2) is 15.3 Å². The summed E-state index contributed by atoms with van der Waals surface area (Å²) in [6.45, 7) is 8.73. The molecule has 0 aromatic carbocycles. The summed E-state index contributed by atoms with van der Waals surface area (Å²) in [6, 6.07) is 0. The van der Waals surface area contributed by atoms with Crippen molar-refractivity contribution < 1.29 is 0 Å². The average Bonchev–Trinajstić information content (AvgIpc) is 2.42. The predicted octanol–water partition coefficient (Wildman–Crippen LogP) is 1.30.